The van der Waals surface area contributed by atoms with Crippen LogP contribution >= 0.6 is 0 Å². The number of benzene rings is 2. The minimum atomic E-state index is -0.818. The van der Waals surface area contributed by atoms with E-state index in [0.29, 0.717) is 12.1 Å². The predicted octanol–water partition coefficient (Wildman–Crippen LogP) is 2.86. The van der Waals surface area contributed by atoms with Crippen molar-refractivity contribution in [3.05, 3.63) is 77.9 Å². The molecule has 7 heteroatoms. The van der Waals surface area contributed by atoms with Crippen LogP contribution in [0, 0.1) is 11.6 Å². The lowest BCUT2D eigenvalue weighted by atomic mass is 10.1. The van der Waals surface area contributed by atoms with Crippen molar-refractivity contribution in [1.29, 1.82) is 0 Å². The molecule has 1 N–H and O–H groups in total. The lowest BCUT2D eigenvalue weighted by Crippen LogP contribution is -2.13. The second-order valence-corrected chi connectivity index (χ2v) is 4.87. The van der Waals surface area contributed by atoms with Gasteiger partial charge in [-0.1, -0.05) is 12.1 Å². The number of nitrogens with zero attached hydrogens (tertiary/aromatic N) is 3. The summed E-state index contributed by atoms with van der Waals surface area (Å²) in [5.41, 5.74) is 1.25. The summed E-state index contributed by atoms with van der Waals surface area (Å²) in [4.78, 5) is 15.9. The normalized spacial score (nSPS) is 10.5. The smallest absolute Gasteiger partial charge is 0.255 e. The Morgan fingerprint density at radius 1 is 1.13 bits per heavy atom. The standard InChI is InChI=1S/C16H12F2N4O/c17-13-5-6-15(14(18)7-13)21-16(23)12-3-1-11(2-4-12)8-22-10-19-9-20-22/h1-7,9-10H,8H2,(H,21,23). The predicted molar refractivity (Wildman–Crippen MR) is 79.9 cm³/mol. The van der Waals surface area contributed by atoms with Crippen molar-refractivity contribution in [3.8, 4) is 0 Å². The highest BCUT2D eigenvalue weighted by atomic mass is 19.1. The van der Waals surface area contributed by atoms with E-state index in [2.05, 4.69) is 15.4 Å². The first-order valence-electron chi connectivity index (χ1n) is 6.79. The van der Waals surface area contributed by atoms with Crippen molar-refractivity contribution < 1.29 is 13.6 Å². The zero-order valence-corrected chi connectivity index (χ0v) is 11.9. The quantitative estimate of drug-likeness (QED) is 0.805. The number of amides is 1. The number of nitrogens with one attached hydrogen (secondary N) is 1. The lowest BCUT2D eigenvalue weighted by molar-refractivity contribution is 0.102. The maximum Gasteiger partial charge on any atom is 0.255 e. The molecule has 0 aliphatic rings. The van der Waals surface area contributed by atoms with E-state index in [1.54, 1.807) is 35.3 Å². The Bertz CT molecular complexity index is 817. The summed E-state index contributed by atoms with van der Waals surface area (Å²) < 4.78 is 28.0. The van der Waals surface area contributed by atoms with E-state index >= 15 is 0 Å². The number of anilines is 1. The van der Waals surface area contributed by atoms with Crippen LogP contribution in [0.2, 0.25) is 0 Å². The molecular weight excluding hydrogens is 302 g/mol. The van der Waals surface area contributed by atoms with Crippen molar-refractivity contribution in [2.75, 3.05) is 5.32 Å². The first-order valence-corrected chi connectivity index (χ1v) is 6.79. The van der Waals surface area contributed by atoms with Gasteiger partial charge < -0.3 is 5.32 Å². The Morgan fingerprint density at radius 3 is 2.57 bits per heavy atom. The molecule has 1 heterocycles. The highest BCUT2D eigenvalue weighted by Crippen LogP contribution is 2.16. The molecule has 5 nitrogen and oxygen atoms in total. The summed E-state index contributed by atoms with van der Waals surface area (Å²) in [7, 11) is 0. The summed E-state index contributed by atoms with van der Waals surface area (Å²) in [5, 5.41) is 6.41. The molecule has 1 aromatic heterocycles. The van der Waals surface area contributed by atoms with E-state index in [-0.39, 0.29) is 5.69 Å². The molecule has 0 spiro atoms. The molecular formula is C16H12F2N4O. The van der Waals surface area contributed by atoms with Gasteiger partial charge in [-0.3, -0.25) is 4.79 Å². The second-order valence-electron chi connectivity index (χ2n) is 4.87. The Hall–Kier alpha value is -3.09. The van der Waals surface area contributed by atoms with Crippen LogP contribution in [0.25, 0.3) is 0 Å². The first-order chi connectivity index (χ1) is 11.1. The molecule has 3 aromatic rings. The molecule has 3 rings (SSSR count). The Kier molecular flexibility index (Phi) is 4.09. The van der Waals surface area contributed by atoms with Gasteiger partial charge >= 0.3 is 0 Å². The van der Waals surface area contributed by atoms with Crippen LogP contribution in [0.4, 0.5) is 14.5 Å². The molecule has 23 heavy (non-hydrogen) atoms. The molecule has 0 bridgehead atoms. The zero-order valence-electron chi connectivity index (χ0n) is 11.9. The van der Waals surface area contributed by atoms with E-state index in [1.807, 2.05) is 0 Å². The molecule has 0 saturated carbocycles. The van der Waals surface area contributed by atoms with Gasteiger partial charge in [-0.2, -0.15) is 5.10 Å². The minimum absolute atomic E-state index is 0.0666. The van der Waals surface area contributed by atoms with Gasteiger partial charge in [0.1, 0.15) is 24.3 Å². The summed E-state index contributed by atoms with van der Waals surface area (Å²) in [6, 6.07) is 9.79. The molecule has 0 aliphatic heterocycles. The van der Waals surface area contributed by atoms with Gasteiger partial charge in [0, 0.05) is 11.6 Å². The molecule has 0 fully saturated rings. The number of carbonyl (C=O) groups is 1. The monoisotopic (exact) mass is 314 g/mol. The molecule has 2 aromatic carbocycles. The van der Waals surface area contributed by atoms with Gasteiger partial charge in [-0.05, 0) is 29.8 Å². The van der Waals surface area contributed by atoms with Crippen molar-refractivity contribution in [2.24, 2.45) is 0 Å². The molecule has 0 radical (unpaired) electrons. The van der Waals surface area contributed by atoms with Gasteiger partial charge in [-0.25, -0.2) is 18.4 Å². The second kappa shape index (κ2) is 6.35. The highest BCUT2D eigenvalue weighted by molar-refractivity contribution is 6.04. The molecule has 0 atom stereocenters. The van der Waals surface area contributed by atoms with Gasteiger partial charge in [0.2, 0.25) is 0 Å². The molecule has 0 saturated heterocycles. The third-order valence-corrected chi connectivity index (χ3v) is 3.21. The van der Waals surface area contributed by atoms with E-state index in [9.17, 15) is 13.6 Å². The fraction of sp³-hybridized carbons (Fsp3) is 0.0625. The highest BCUT2D eigenvalue weighted by Gasteiger charge is 2.10. The lowest BCUT2D eigenvalue weighted by Gasteiger charge is -2.07. The average Bonchev–Trinajstić information content (AvgIpc) is 3.04. The number of hydrogen-bond acceptors (Lipinski definition) is 3. The minimum Gasteiger partial charge on any atom is -0.319 e. The van der Waals surface area contributed by atoms with Crippen LogP contribution in [0.3, 0.4) is 0 Å². The topological polar surface area (TPSA) is 59.8 Å². The van der Waals surface area contributed by atoms with Gasteiger partial charge in [0.25, 0.3) is 5.91 Å². The van der Waals surface area contributed by atoms with Crippen molar-refractivity contribution in [3.63, 3.8) is 0 Å². The van der Waals surface area contributed by atoms with Crippen LogP contribution in [0.1, 0.15) is 15.9 Å². The fourth-order valence-electron chi connectivity index (χ4n) is 2.05. The third kappa shape index (κ3) is 3.57. The molecule has 1 amide bonds. The number of carbonyl (C=O) groups excluding carboxylic acids is 1. The number of aromatic nitrogens is 3. The first kappa shape index (κ1) is 14.8. The molecule has 0 aliphatic carbocycles. The van der Waals surface area contributed by atoms with Crippen LogP contribution < -0.4 is 5.32 Å². The number of halogens is 2. The van der Waals surface area contributed by atoms with Crippen molar-refractivity contribution in [2.45, 2.75) is 6.54 Å². The van der Waals surface area contributed by atoms with Crippen molar-refractivity contribution in [1.82, 2.24) is 14.8 Å². The Balaban J connectivity index is 1.70. The van der Waals surface area contributed by atoms with Crippen LogP contribution in [-0.4, -0.2) is 20.7 Å². The average molecular weight is 314 g/mol. The zero-order chi connectivity index (χ0) is 16.2. The third-order valence-electron chi connectivity index (χ3n) is 3.21. The van der Waals surface area contributed by atoms with Crippen LogP contribution in [0.15, 0.2) is 55.1 Å². The Labute approximate surface area is 130 Å². The number of rotatable bonds is 4. The van der Waals surface area contributed by atoms with E-state index < -0.39 is 17.5 Å². The molecule has 116 valence electrons. The Morgan fingerprint density at radius 2 is 1.91 bits per heavy atom. The largest absolute Gasteiger partial charge is 0.319 e. The van der Waals surface area contributed by atoms with Crippen LogP contribution in [-0.2, 0) is 6.54 Å². The van der Waals surface area contributed by atoms with Crippen molar-refractivity contribution >= 4 is 11.6 Å². The van der Waals surface area contributed by atoms with Crippen LogP contribution in [0.5, 0.6) is 0 Å². The summed E-state index contributed by atoms with van der Waals surface area (Å²) in [6.07, 6.45) is 3.04. The summed E-state index contributed by atoms with van der Waals surface area (Å²) in [6.45, 7) is 0.536. The van der Waals surface area contributed by atoms with Gasteiger partial charge in [0.05, 0.1) is 12.2 Å². The maximum absolute atomic E-state index is 13.5. The van der Waals surface area contributed by atoms with E-state index in [1.165, 1.54) is 12.4 Å². The fourth-order valence-corrected chi connectivity index (χ4v) is 2.05. The summed E-state index contributed by atoms with van der Waals surface area (Å²) in [5.74, 6) is -1.98. The van der Waals surface area contributed by atoms with Gasteiger partial charge in [0.15, 0.2) is 0 Å². The number of hydrogen-bond donors (Lipinski definition) is 1. The van der Waals surface area contributed by atoms with E-state index in [0.717, 1.165) is 17.7 Å². The SMILES string of the molecule is O=C(Nc1ccc(F)cc1F)c1ccc(Cn2cncn2)cc1. The maximum atomic E-state index is 13.5. The summed E-state index contributed by atoms with van der Waals surface area (Å²) >= 11 is 0. The van der Waals surface area contributed by atoms with Gasteiger partial charge in [-0.15, -0.1) is 0 Å². The van der Waals surface area contributed by atoms with E-state index in [4.69, 9.17) is 0 Å². The molecule has 0 unspecified atom stereocenters.